The maximum atomic E-state index is 12.3. The van der Waals surface area contributed by atoms with Crippen LogP contribution < -0.4 is 10.1 Å². The summed E-state index contributed by atoms with van der Waals surface area (Å²) in [5, 5.41) is 12.3. The quantitative estimate of drug-likeness (QED) is 0.897. The molecule has 0 aromatic heterocycles. The van der Waals surface area contributed by atoms with Gasteiger partial charge < -0.3 is 20.1 Å². The average Bonchev–Trinajstić information content (AvgIpc) is 2.78. The second-order valence-electron chi connectivity index (χ2n) is 5.25. The SMILES string of the molecule is CCOc1ccc(NC(=O)N2CCCCCC2)cc1CO. The number of nitrogens with zero attached hydrogens (tertiary/aromatic N) is 1. The van der Waals surface area contributed by atoms with Crippen molar-refractivity contribution < 1.29 is 14.6 Å². The minimum Gasteiger partial charge on any atom is -0.494 e. The molecule has 0 spiro atoms. The van der Waals surface area contributed by atoms with Crippen LogP contribution in [0.3, 0.4) is 0 Å². The van der Waals surface area contributed by atoms with E-state index in [-0.39, 0.29) is 12.6 Å². The highest BCUT2D eigenvalue weighted by Crippen LogP contribution is 2.23. The molecule has 0 aliphatic carbocycles. The molecule has 0 atom stereocenters. The molecule has 1 aliphatic rings. The van der Waals surface area contributed by atoms with Crippen molar-refractivity contribution in [1.29, 1.82) is 0 Å². The van der Waals surface area contributed by atoms with Crippen molar-refractivity contribution in [3.63, 3.8) is 0 Å². The van der Waals surface area contributed by atoms with E-state index in [1.165, 1.54) is 12.8 Å². The lowest BCUT2D eigenvalue weighted by Gasteiger charge is -2.21. The van der Waals surface area contributed by atoms with Crippen LogP contribution in [0.25, 0.3) is 0 Å². The Bertz CT molecular complexity index is 469. The molecule has 116 valence electrons. The van der Waals surface area contributed by atoms with Gasteiger partial charge in [-0.05, 0) is 38.0 Å². The van der Waals surface area contributed by atoms with E-state index >= 15 is 0 Å². The average molecular weight is 292 g/mol. The predicted octanol–water partition coefficient (Wildman–Crippen LogP) is 2.99. The molecule has 1 fully saturated rings. The highest BCUT2D eigenvalue weighted by atomic mass is 16.5. The zero-order valence-electron chi connectivity index (χ0n) is 12.6. The van der Waals surface area contributed by atoms with Gasteiger partial charge in [0.05, 0.1) is 13.2 Å². The Kier molecular flexibility index (Phi) is 5.87. The maximum Gasteiger partial charge on any atom is 0.321 e. The molecular weight excluding hydrogens is 268 g/mol. The van der Waals surface area contributed by atoms with Gasteiger partial charge in [-0.1, -0.05) is 12.8 Å². The van der Waals surface area contributed by atoms with Gasteiger partial charge in [-0.25, -0.2) is 4.79 Å². The van der Waals surface area contributed by atoms with Gasteiger partial charge in [-0.3, -0.25) is 0 Å². The summed E-state index contributed by atoms with van der Waals surface area (Å²) in [5.41, 5.74) is 1.38. The van der Waals surface area contributed by atoms with E-state index in [0.717, 1.165) is 25.9 Å². The van der Waals surface area contributed by atoms with Gasteiger partial charge in [-0.15, -0.1) is 0 Å². The number of aliphatic hydroxyl groups is 1. The van der Waals surface area contributed by atoms with Gasteiger partial charge in [0, 0.05) is 24.3 Å². The number of carbonyl (C=O) groups is 1. The number of carbonyl (C=O) groups excluding carboxylic acids is 1. The second kappa shape index (κ2) is 7.88. The Hall–Kier alpha value is -1.75. The highest BCUT2D eigenvalue weighted by Gasteiger charge is 2.16. The van der Waals surface area contributed by atoms with E-state index in [1.54, 1.807) is 18.2 Å². The number of rotatable bonds is 4. The summed E-state index contributed by atoms with van der Waals surface area (Å²) < 4.78 is 5.44. The van der Waals surface area contributed by atoms with Crippen LogP contribution in [0, 0.1) is 0 Å². The number of aliphatic hydroxyl groups excluding tert-OH is 1. The summed E-state index contributed by atoms with van der Waals surface area (Å²) in [6, 6.07) is 5.29. The number of amides is 2. The number of nitrogens with one attached hydrogen (secondary N) is 1. The Balaban J connectivity index is 2.02. The number of likely N-dealkylation sites (tertiary alicyclic amines) is 1. The lowest BCUT2D eigenvalue weighted by molar-refractivity contribution is 0.213. The summed E-state index contributed by atoms with van der Waals surface area (Å²) in [7, 11) is 0. The molecule has 1 aromatic rings. The lowest BCUT2D eigenvalue weighted by Crippen LogP contribution is -2.35. The molecule has 1 aromatic carbocycles. The number of benzene rings is 1. The minimum atomic E-state index is -0.108. The van der Waals surface area contributed by atoms with Crippen molar-refractivity contribution >= 4 is 11.7 Å². The standard InChI is InChI=1S/C16H24N2O3/c1-2-21-15-8-7-14(11-13(15)12-19)17-16(20)18-9-5-3-4-6-10-18/h7-8,11,19H,2-6,9-10,12H2,1H3,(H,17,20). The fourth-order valence-corrected chi connectivity index (χ4v) is 2.55. The molecule has 5 nitrogen and oxygen atoms in total. The monoisotopic (exact) mass is 292 g/mol. The second-order valence-corrected chi connectivity index (χ2v) is 5.25. The van der Waals surface area contributed by atoms with E-state index in [0.29, 0.717) is 23.6 Å². The van der Waals surface area contributed by atoms with Gasteiger partial charge in [0.25, 0.3) is 0 Å². The Morgan fingerprint density at radius 2 is 2.00 bits per heavy atom. The molecule has 1 aliphatic heterocycles. The zero-order valence-corrected chi connectivity index (χ0v) is 12.6. The Morgan fingerprint density at radius 3 is 2.62 bits per heavy atom. The van der Waals surface area contributed by atoms with Crippen LogP contribution in [0.2, 0.25) is 0 Å². The Labute approximate surface area is 125 Å². The Morgan fingerprint density at radius 1 is 1.29 bits per heavy atom. The van der Waals surface area contributed by atoms with Gasteiger partial charge >= 0.3 is 6.03 Å². The first-order valence-corrected chi connectivity index (χ1v) is 7.67. The van der Waals surface area contributed by atoms with Crippen molar-refractivity contribution in [2.45, 2.75) is 39.2 Å². The maximum absolute atomic E-state index is 12.3. The molecule has 1 saturated heterocycles. The van der Waals surface area contributed by atoms with Crippen LogP contribution >= 0.6 is 0 Å². The molecule has 2 rings (SSSR count). The van der Waals surface area contributed by atoms with Crippen LogP contribution in [0.5, 0.6) is 5.75 Å². The van der Waals surface area contributed by atoms with Crippen LogP contribution in [0.15, 0.2) is 18.2 Å². The minimum absolute atomic E-state index is 0.0649. The van der Waals surface area contributed by atoms with Crippen molar-refractivity contribution in [3.05, 3.63) is 23.8 Å². The smallest absolute Gasteiger partial charge is 0.321 e. The van der Waals surface area contributed by atoms with Crippen LogP contribution in [-0.2, 0) is 6.61 Å². The summed E-state index contributed by atoms with van der Waals surface area (Å²) >= 11 is 0. The molecule has 2 amide bonds. The van der Waals surface area contributed by atoms with Gasteiger partial charge in [0.15, 0.2) is 0 Å². The summed E-state index contributed by atoms with van der Waals surface area (Å²) in [5.74, 6) is 0.660. The first-order valence-electron chi connectivity index (χ1n) is 7.67. The topological polar surface area (TPSA) is 61.8 Å². The van der Waals surface area contributed by atoms with E-state index in [2.05, 4.69) is 5.32 Å². The third-order valence-corrected chi connectivity index (χ3v) is 3.68. The normalized spacial score (nSPS) is 15.4. The van der Waals surface area contributed by atoms with Gasteiger partial charge in [0.2, 0.25) is 0 Å². The van der Waals surface area contributed by atoms with Crippen LogP contribution in [0.4, 0.5) is 10.5 Å². The van der Waals surface area contributed by atoms with Crippen LogP contribution in [-0.4, -0.2) is 35.7 Å². The first kappa shape index (κ1) is 15.6. The fraction of sp³-hybridized carbons (Fsp3) is 0.562. The van der Waals surface area contributed by atoms with Crippen LogP contribution in [0.1, 0.15) is 38.2 Å². The molecule has 2 N–H and O–H groups in total. The van der Waals surface area contributed by atoms with E-state index in [9.17, 15) is 9.90 Å². The fourth-order valence-electron chi connectivity index (χ4n) is 2.55. The van der Waals surface area contributed by atoms with Crippen molar-refractivity contribution in [3.8, 4) is 5.75 Å². The number of anilines is 1. The van der Waals surface area contributed by atoms with E-state index < -0.39 is 0 Å². The third-order valence-electron chi connectivity index (χ3n) is 3.68. The van der Waals surface area contributed by atoms with Gasteiger partial charge in [-0.2, -0.15) is 0 Å². The third kappa shape index (κ3) is 4.36. The summed E-state index contributed by atoms with van der Waals surface area (Å²) in [4.78, 5) is 14.1. The number of hydrogen-bond acceptors (Lipinski definition) is 3. The van der Waals surface area contributed by atoms with E-state index in [1.807, 2.05) is 11.8 Å². The molecule has 0 saturated carbocycles. The first-order chi connectivity index (χ1) is 10.2. The van der Waals surface area contributed by atoms with E-state index in [4.69, 9.17) is 4.74 Å². The molecule has 0 radical (unpaired) electrons. The highest BCUT2D eigenvalue weighted by molar-refractivity contribution is 5.89. The molecule has 21 heavy (non-hydrogen) atoms. The van der Waals surface area contributed by atoms with Crippen molar-refractivity contribution in [2.75, 3.05) is 25.0 Å². The lowest BCUT2D eigenvalue weighted by atomic mass is 10.2. The summed E-state index contributed by atoms with van der Waals surface area (Å²) in [6.45, 7) is 3.97. The molecule has 5 heteroatoms. The zero-order chi connectivity index (χ0) is 15.1. The molecular formula is C16H24N2O3. The molecule has 0 unspecified atom stereocenters. The number of ether oxygens (including phenoxy) is 1. The number of urea groups is 1. The van der Waals surface area contributed by atoms with Crippen molar-refractivity contribution in [2.24, 2.45) is 0 Å². The predicted molar refractivity (Wildman–Crippen MR) is 82.6 cm³/mol. The summed E-state index contributed by atoms with van der Waals surface area (Å²) in [6.07, 6.45) is 4.53. The van der Waals surface area contributed by atoms with Gasteiger partial charge in [0.1, 0.15) is 5.75 Å². The largest absolute Gasteiger partial charge is 0.494 e. The molecule has 0 bridgehead atoms. The number of hydrogen-bond donors (Lipinski definition) is 2. The van der Waals surface area contributed by atoms with Crippen molar-refractivity contribution in [1.82, 2.24) is 4.90 Å². The molecule has 1 heterocycles.